The number of hydrogen-bond acceptors (Lipinski definition) is 4. The van der Waals surface area contributed by atoms with Crippen molar-refractivity contribution in [2.45, 2.75) is 0 Å². The summed E-state index contributed by atoms with van der Waals surface area (Å²) < 4.78 is 0.917. The Hall–Kier alpha value is -2.73. The fourth-order valence-corrected chi connectivity index (χ4v) is 2.76. The molecule has 0 aliphatic heterocycles. The topological polar surface area (TPSA) is 76.4 Å². The van der Waals surface area contributed by atoms with Crippen LogP contribution in [0, 0.1) is 0 Å². The molecule has 3 aromatic rings. The van der Waals surface area contributed by atoms with E-state index in [4.69, 9.17) is 5.11 Å². The van der Waals surface area contributed by atoms with Gasteiger partial charge in [0.05, 0.1) is 11.1 Å². The first-order valence-corrected chi connectivity index (χ1v) is 6.99. The maximum absolute atomic E-state index is 12.5. The number of aromatic nitrogens is 1. The predicted octanol–water partition coefficient (Wildman–Crippen LogP) is 2.45. The summed E-state index contributed by atoms with van der Waals surface area (Å²) in [5.74, 6) is -1.88. The zero-order valence-corrected chi connectivity index (χ0v) is 11.5. The van der Waals surface area contributed by atoms with E-state index >= 15 is 0 Å². The summed E-state index contributed by atoms with van der Waals surface area (Å²) in [6.07, 6.45) is 0. The van der Waals surface area contributed by atoms with Gasteiger partial charge in [0.25, 0.3) is 11.5 Å². The Kier molecular flexibility index (Phi) is 3.15. The SMILES string of the molecule is O=C(O)c1cc2ccccc2n(C(=O)c2ccsc2)c1=O. The number of hydrogen-bond donors (Lipinski definition) is 1. The van der Waals surface area contributed by atoms with E-state index in [1.165, 1.54) is 17.4 Å². The Morgan fingerprint density at radius 1 is 1.14 bits per heavy atom. The molecule has 6 heteroatoms. The molecule has 0 amide bonds. The maximum atomic E-state index is 12.5. The number of aromatic carboxylic acids is 1. The number of carboxylic acid groups (broad SMARTS) is 1. The van der Waals surface area contributed by atoms with Crippen LogP contribution in [0.4, 0.5) is 0 Å². The second-order valence-corrected chi connectivity index (χ2v) is 5.16. The van der Waals surface area contributed by atoms with Crippen molar-refractivity contribution in [3.05, 3.63) is 68.6 Å². The molecule has 1 aromatic carbocycles. The molecule has 0 atom stereocenters. The Labute approximate surface area is 122 Å². The lowest BCUT2D eigenvalue weighted by Gasteiger charge is -2.09. The molecule has 2 aromatic heterocycles. The molecular weight excluding hydrogens is 290 g/mol. The van der Waals surface area contributed by atoms with Gasteiger partial charge in [-0.15, -0.1) is 0 Å². The summed E-state index contributed by atoms with van der Waals surface area (Å²) in [5.41, 5.74) is -0.492. The average molecular weight is 299 g/mol. The molecule has 0 bridgehead atoms. The minimum atomic E-state index is -1.35. The van der Waals surface area contributed by atoms with Gasteiger partial charge in [0, 0.05) is 5.38 Å². The van der Waals surface area contributed by atoms with E-state index in [-0.39, 0.29) is 0 Å². The summed E-state index contributed by atoms with van der Waals surface area (Å²) in [5, 5.41) is 13.0. The molecule has 21 heavy (non-hydrogen) atoms. The molecular formula is C15H9NO4S. The van der Waals surface area contributed by atoms with Gasteiger partial charge in [0.1, 0.15) is 5.56 Å². The lowest BCUT2D eigenvalue weighted by molar-refractivity contribution is 0.0695. The minimum Gasteiger partial charge on any atom is -0.477 e. The van der Waals surface area contributed by atoms with Gasteiger partial charge in [-0.2, -0.15) is 11.3 Å². The molecule has 5 nitrogen and oxygen atoms in total. The van der Waals surface area contributed by atoms with Crippen LogP contribution in [0.5, 0.6) is 0 Å². The largest absolute Gasteiger partial charge is 0.477 e. The Bertz CT molecular complexity index is 909. The van der Waals surface area contributed by atoms with Crippen LogP contribution in [-0.4, -0.2) is 21.6 Å². The van der Waals surface area contributed by atoms with Crippen molar-refractivity contribution in [2.75, 3.05) is 0 Å². The molecule has 0 fully saturated rings. The van der Waals surface area contributed by atoms with Crippen molar-refractivity contribution in [3.8, 4) is 0 Å². The molecule has 0 radical (unpaired) electrons. The van der Waals surface area contributed by atoms with Gasteiger partial charge >= 0.3 is 5.97 Å². The standard InChI is InChI=1S/C15H9NO4S/c17-13(10-5-6-21-8-10)16-12-4-2-1-3-9(12)7-11(14(16)18)15(19)20/h1-8H,(H,19,20). The van der Waals surface area contributed by atoms with Gasteiger partial charge in [-0.25, -0.2) is 9.36 Å². The van der Waals surface area contributed by atoms with Gasteiger partial charge in [-0.05, 0) is 29.0 Å². The Morgan fingerprint density at radius 2 is 1.90 bits per heavy atom. The highest BCUT2D eigenvalue weighted by Crippen LogP contribution is 2.16. The fraction of sp³-hybridized carbons (Fsp3) is 0. The van der Waals surface area contributed by atoms with Gasteiger partial charge in [-0.1, -0.05) is 18.2 Å². The molecule has 0 spiro atoms. The number of carbonyl (C=O) groups excluding carboxylic acids is 1. The van der Waals surface area contributed by atoms with E-state index in [1.54, 1.807) is 41.1 Å². The van der Waals surface area contributed by atoms with Crippen LogP contribution in [0.15, 0.2) is 52.0 Å². The van der Waals surface area contributed by atoms with Gasteiger partial charge in [-0.3, -0.25) is 9.59 Å². The first-order chi connectivity index (χ1) is 10.1. The van der Waals surface area contributed by atoms with Crippen LogP contribution in [0.25, 0.3) is 10.9 Å². The summed E-state index contributed by atoms with van der Waals surface area (Å²) in [7, 11) is 0. The summed E-state index contributed by atoms with van der Waals surface area (Å²) in [6, 6.07) is 9.59. The predicted molar refractivity (Wildman–Crippen MR) is 79.2 cm³/mol. The summed E-state index contributed by atoms with van der Waals surface area (Å²) in [6.45, 7) is 0. The molecule has 0 unspecified atom stereocenters. The molecule has 0 saturated carbocycles. The number of nitrogens with zero attached hydrogens (tertiary/aromatic N) is 1. The van der Waals surface area contributed by atoms with E-state index in [2.05, 4.69) is 0 Å². The number of rotatable bonds is 2. The molecule has 0 saturated heterocycles. The molecule has 1 N–H and O–H groups in total. The van der Waals surface area contributed by atoms with E-state index in [1.807, 2.05) is 0 Å². The number of carbonyl (C=O) groups is 2. The molecule has 3 rings (SSSR count). The van der Waals surface area contributed by atoms with Crippen molar-refractivity contribution in [1.82, 2.24) is 4.57 Å². The summed E-state index contributed by atoms with van der Waals surface area (Å²) in [4.78, 5) is 36.0. The van der Waals surface area contributed by atoms with Crippen LogP contribution in [0.2, 0.25) is 0 Å². The highest BCUT2D eigenvalue weighted by atomic mass is 32.1. The van der Waals surface area contributed by atoms with Crippen LogP contribution < -0.4 is 5.56 Å². The zero-order valence-electron chi connectivity index (χ0n) is 10.6. The molecule has 2 heterocycles. The number of fused-ring (bicyclic) bond motifs is 1. The molecule has 0 aliphatic carbocycles. The monoisotopic (exact) mass is 299 g/mol. The van der Waals surface area contributed by atoms with E-state index in [9.17, 15) is 14.4 Å². The van der Waals surface area contributed by atoms with Crippen molar-refractivity contribution in [2.24, 2.45) is 0 Å². The third kappa shape index (κ3) is 2.15. The number of para-hydroxylation sites is 1. The minimum absolute atomic E-state index is 0.356. The third-order valence-electron chi connectivity index (χ3n) is 3.11. The number of pyridine rings is 1. The first-order valence-electron chi connectivity index (χ1n) is 6.04. The van der Waals surface area contributed by atoms with Crippen molar-refractivity contribution < 1.29 is 14.7 Å². The fourth-order valence-electron chi connectivity index (χ4n) is 2.13. The number of carboxylic acids is 1. The van der Waals surface area contributed by atoms with Crippen LogP contribution >= 0.6 is 11.3 Å². The van der Waals surface area contributed by atoms with Crippen molar-refractivity contribution in [3.63, 3.8) is 0 Å². The quantitative estimate of drug-likeness (QED) is 0.788. The van der Waals surface area contributed by atoms with Crippen LogP contribution in [0.1, 0.15) is 20.7 Å². The second-order valence-electron chi connectivity index (χ2n) is 4.38. The summed E-state index contributed by atoms with van der Waals surface area (Å²) >= 11 is 1.33. The second kappa shape index (κ2) is 4.99. The Balaban J connectivity index is 2.39. The lowest BCUT2D eigenvalue weighted by atomic mass is 10.1. The maximum Gasteiger partial charge on any atom is 0.341 e. The highest BCUT2D eigenvalue weighted by molar-refractivity contribution is 7.08. The zero-order chi connectivity index (χ0) is 15.0. The normalized spacial score (nSPS) is 10.7. The van der Waals surface area contributed by atoms with E-state index in [0.717, 1.165) is 4.57 Å². The van der Waals surface area contributed by atoms with Gasteiger partial charge in [0.15, 0.2) is 0 Å². The van der Waals surface area contributed by atoms with Crippen LogP contribution in [-0.2, 0) is 0 Å². The lowest BCUT2D eigenvalue weighted by Crippen LogP contribution is -2.31. The van der Waals surface area contributed by atoms with Crippen molar-refractivity contribution in [1.29, 1.82) is 0 Å². The number of thiophene rings is 1. The van der Waals surface area contributed by atoms with Gasteiger partial charge < -0.3 is 5.11 Å². The van der Waals surface area contributed by atoms with E-state index < -0.39 is 23.0 Å². The van der Waals surface area contributed by atoms with Gasteiger partial charge in [0.2, 0.25) is 0 Å². The average Bonchev–Trinajstić information content (AvgIpc) is 3.00. The molecule has 0 aliphatic rings. The third-order valence-corrected chi connectivity index (χ3v) is 3.80. The highest BCUT2D eigenvalue weighted by Gasteiger charge is 2.19. The first kappa shape index (κ1) is 13.3. The molecule has 104 valence electrons. The van der Waals surface area contributed by atoms with E-state index in [0.29, 0.717) is 16.5 Å². The Morgan fingerprint density at radius 3 is 2.57 bits per heavy atom. The van der Waals surface area contributed by atoms with Crippen LogP contribution in [0.3, 0.4) is 0 Å². The number of benzene rings is 1. The smallest absolute Gasteiger partial charge is 0.341 e. The van der Waals surface area contributed by atoms with Crippen molar-refractivity contribution >= 4 is 34.1 Å².